The molecule has 0 radical (unpaired) electrons. The second-order valence-corrected chi connectivity index (χ2v) is 7.70. The van der Waals surface area contributed by atoms with E-state index in [4.69, 9.17) is 34.8 Å². The van der Waals surface area contributed by atoms with E-state index in [0.29, 0.717) is 15.1 Å². The van der Waals surface area contributed by atoms with Crippen LogP contribution < -0.4 is 0 Å². The smallest absolute Gasteiger partial charge is 0.0946 e. The van der Waals surface area contributed by atoms with Crippen molar-refractivity contribution in [2.45, 2.75) is 18.9 Å². The molecular weight excluding hydrogens is 430 g/mol. The lowest BCUT2D eigenvalue weighted by Gasteiger charge is -2.20. The van der Waals surface area contributed by atoms with Gasteiger partial charge in [-0.2, -0.15) is 0 Å². The van der Waals surface area contributed by atoms with Crippen LogP contribution in [0, 0.1) is 0 Å². The predicted molar refractivity (Wildman–Crippen MR) is 104 cm³/mol. The van der Waals surface area contributed by atoms with Crippen molar-refractivity contribution in [2.24, 2.45) is 0 Å². The quantitative estimate of drug-likeness (QED) is 0.432. The highest BCUT2D eigenvalue weighted by atomic mass is 79.9. The summed E-state index contributed by atoms with van der Waals surface area (Å²) in [7, 11) is 0. The van der Waals surface area contributed by atoms with E-state index in [0.717, 1.165) is 23.0 Å². The van der Waals surface area contributed by atoms with Crippen LogP contribution in [0.3, 0.4) is 0 Å². The molecule has 1 unspecified atom stereocenters. The van der Waals surface area contributed by atoms with E-state index in [1.54, 1.807) is 12.3 Å². The van der Waals surface area contributed by atoms with Gasteiger partial charge in [0.05, 0.1) is 6.33 Å². The van der Waals surface area contributed by atoms with Gasteiger partial charge in [0.15, 0.2) is 0 Å². The van der Waals surface area contributed by atoms with Crippen molar-refractivity contribution in [3.05, 3.63) is 85.8 Å². The average Bonchev–Trinajstić information content (AvgIpc) is 3.02. The van der Waals surface area contributed by atoms with E-state index in [1.807, 2.05) is 36.8 Å². The van der Waals surface area contributed by atoms with Gasteiger partial charge in [-0.1, -0.05) is 62.9 Å². The van der Waals surface area contributed by atoms with Crippen LogP contribution in [-0.2, 0) is 13.0 Å². The van der Waals surface area contributed by atoms with Gasteiger partial charge in [0.2, 0.25) is 0 Å². The van der Waals surface area contributed by atoms with Gasteiger partial charge in [-0.3, -0.25) is 0 Å². The molecule has 0 aliphatic heterocycles. The monoisotopic (exact) mass is 442 g/mol. The molecule has 0 fully saturated rings. The summed E-state index contributed by atoms with van der Waals surface area (Å²) in [6, 6.07) is 11.5. The van der Waals surface area contributed by atoms with Crippen molar-refractivity contribution in [3.63, 3.8) is 0 Å². The molecule has 3 aromatic rings. The van der Waals surface area contributed by atoms with Crippen LogP contribution in [0.15, 0.2) is 59.6 Å². The minimum Gasteiger partial charge on any atom is -0.337 e. The predicted octanol–water partition coefficient (Wildman–Crippen LogP) is 6.63. The fourth-order valence-corrected chi connectivity index (χ4v) is 4.20. The summed E-state index contributed by atoms with van der Waals surface area (Å²) in [5, 5.41) is 2.03. The minimum atomic E-state index is 0.213. The zero-order chi connectivity index (χ0) is 17.1. The molecule has 0 saturated carbocycles. The first-order valence-corrected chi connectivity index (χ1v) is 9.30. The Balaban J connectivity index is 1.95. The fraction of sp³-hybridized carbons (Fsp3) is 0.167. The zero-order valence-electron chi connectivity index (χ0n) is 12.6. The van der Waals surface area contributed by atoms with Crippen molar-refractivity contribution >= 4 is 50.7 Å². The van der Waals surface area contributed by atoms with Gasteiger partial charge in [0.1, 0.15) is 0 Å². The molecule has 124 valence electrons. The minimum absolute atomic E-state index is 0.213. The number of halogens is 4. The van der Waals surface area contributed by atoms with E-state index in [9.17, 15) is 0 Å². The van der Waals surface area contributed by atoms with Crippen LogP contribution in [0.2, 0.25) is 15.1 Å². The molecule has 0 spiro atoms. The van der Waals surface area contributed by atoms with E-state index in [-0.39, 0.29) is 5.92 Å². The van der Waals surface area contributed by atoms with Gasteiger partial charge in [0.25, 0.3) is 0 Å². The van der Waals surface area contributed by atoms with Crippen LogP contribution in [0.25, 0.3) is 0 Å². The largest absolute Gasteiger partial charge is 0.337 e. The Bertz CT molecular complexity index is 834. The van der Waals surface area contributed by atoms with E-state index < -0.39 is 0 Å². The molecule has 0 aliphatic rings. The number of nitrogens with zero attached hydrogens (tertiary/aromatic N) is 2. The summed E-state index contributed by atoms with van der Waals surface area (Å²) < 4.78 is 3.06. The van der Waals surface area contributed by atoms with Crippen molar-refractivity contribution in [3.8, 4) is 0 Å². The molecular formula is C18H14BrCl3N2. The molecule has 1 aromatic heterocycles. The standard InChI is InChI=1S/C18H14BrCl3N2/c19-17-8-14(20)3-4-16(17)13(10-24-6-5-23-11-24)7-12-1-2-15(21)9-18(12)22/h1-6,8-9,11,13H,7,10H2. The maximum Gasteiger partial charge on any atom is 0.0946 e. The summed E-state index contributed by atoms with van der Waals surface area (Å²) in [5.74, 6) is 0.213. The highest BCUT2D eigenvalue weighted by Crippen LogP contribution is 2.33. The molecule has 2 aromatic carbocycles. The molecule has 1 atom stereocenters. The lowest BCUT2D eigenvalue weighted by Crippen LogP contribution is -2.12. The van der Waals surface area contributed by atoms with Crippen LogP contribution in [0.1, 0.15) is 17.0 Å². The fourth-order valence-electron chi connectivity index (χ4n) is 2.71. The van der Waals surface area contributed by atoms with Crippen molar-refractivity contribution in [2.75, 3.05) is 0 Å². The van der Waals surface area contributed by atoms with Gasteiger partial charge >= 0.3 is 0 Å². The van der Waals surface area contributed by atoms with Crippen LogP contribution in [-0.4, -0.2) is 9.55 Å². The maximum absolute atomic E-state index is 6.37. The van der Waals surface area contributed by atoms with Gasteiger partial charge in [-0.15, -0.1) is 0 Å². The maximum atomic E-state index is 6.37. The number of aromatic nitrogens is 2. The molecule has 24 heavy (non-hydrogen) atoms. The number of hydrogen-bond acceptors (Lipinski definition) is 1. The van der Waals surface area contributed by atoms with Crippen LogP contribution in [0.4, 0.5) is 0 Å². The summed E-state index contributed by atoms with van der Waals surface area (Å²) in [5.41, 5.74) is 2.24. The first-order valence-electron chi connectivity index (χ1n) is 7.37. The Morgan fingerprint density at radius 1 is 1.04 bits per heavy atom. The lowest BCUT2D eigenvalue weighted by atomic mass is 9.91. The molecule has 0 aliphatic carbocycles. The van der Waals surface area contributed by atoms with E-state index in [2.05, 4.69) is 31.5 Å². The Kier molecular flexibility index (Phi) is 5.88. The number of benzene rings is 2. The molecule has 3 rings (SSSR count). The average molecular weight is 445 g/mol. The number of rotatable bonds is 5. The molecule has 0 amide bonds. The van der Waals surface area contributed by atoms with Crippen LogP contribution in [0.5, 0.6) is 0 Å². The third-order valence-electron chi connectivity index (χ3n) is 3.87. The highest BCUT2D eigenvalue weighted by Gasteiger charge is 2.18. The summed E-state index contributed by atoms with van der Waals surface area (Å²) in [4.78, 5) is 4.13. The molecule has 1 heterocycles. The SMILES string of the molecule is Clc1ccc(CC(Cn2ccnc2)c2ccc(Cl)cc2Br)c(Cl)c1. The van der Waals surface area contributed by atoms with E-state index >= 15 is 0 Å². The van der Waals surface area contributed by atoms with Crippen molar-refractivity contribution in [1.82, 2.24) is 9.55 Å². The third-order valence-corrected chi connectivity index (χ3v) is 5.38. The van der Waals surface area contributed by atoms with Gasteiger partial charge < -0.3 is 4.57 Å². The highest BCUT2D eigenvalue weighted by molar-refractivity contribution is 9.10. The topological polar surface area (TPSA) is 17.8 Å². The van der Waals surface area contributed by atoms with E-state index in [1.165, 1.54) is 5.56 Å². The number of hydrogen-bond donors (Lipinski definition) is 0. The first kappa shape index (κ1) is 17.8. The van der Waals surface area contributed by atoms with Crippen molar-refractivity contribution < 1.29 is 0 Å². The van der Waals surface area contributed by atoms with Gasteiger partial charge in [-0.05, 0) is 41.8 Å². The van der Waals surface area contributed by atoms with Gasteiger partial charge in [-0.25, -0.2) is 4.98 Å². The van der Waals surface area contributed by atoms with Crippen molar-refractivity contribution in [1.29, 1.82) is 0 Å². The van der Waals surface area contributed by atoms with Crippen LogP contribution >= 0.6 is 50.7 Å². The second-order valence-electron chi connectivity index (χ2n) is 5.56. The molecule has 0 N–H and O–H groups in total. The Morgan fingerprint density at radius 3 is 2.46 bits per heavy atom. The first-order chi connectivity index (χ1) is 11.5. The summed E-state index contributed by atoms with van der Waals surface area (Å²) >= 11 is 22.1. The Morgan fingerprint density at radius 2 is 1.79 bits per heavy atom. The Hall–Kier alpha value is -1.000. The molecule has 2 nitrogen and oxygen atoms in total. The molecule has 0 saturated heterocycles. The summed E-state index contributed by atoms with van der Waals surface area (Å²) in [6.07, 6.45) is 6.35. The summed E-state index contributed by atoms with van der Waals surface area (Å²) in [6.45, 7) is 0.791. The third kappa shape index (κ3) is 4.34. The normalized spacial score (nSPS) is 12.3. The Labute approximate surface area is 164 Å². The molecule has 0 bridgehead atoms. The lowest BCUT2D eigenvalue weighted by molar-refractivity contribution is 0.554. The molecule has 6 heteroatoms. The number of imidazole rings is 1. The zero-order valence-corrected chi connectivity index (χ0v) is 16.4. The van der Waals surface area contributed by atoms with Gasteiger partial charge in [0, 0.05) is 44.4 Å². The second kappa shape index (κ2) is 7.92.